The van der Waals surface area contributed by atoms with E-state index in [0.29, 0.717) is 11.6 Å². The van der Waals surface area contributed by atoms with Gasteiger partial charge in [-0.15, -0.1) is 0 Å². The highest BCUT2D eigenvalue weighted by molar-refractivity contribution is 5.24. The molecule has 0 aliphatic rings. The number of hydrogen-bond acceptors (Lipinski definition) is 4. The molecular formula is C11H15N5O. The molecule has 0 atom stereocenters. The van der Waals surface area contributed by atoms with Gasteiger partial charge >= 0.3 is 0 Å². The number of hydrogen-bond donors (Lipinski definition) is 2. The van der Waals surface area contributed by atoms with Gasteiger partial charge in [-0.3, -0.25) is 9.78 Å². The topological polar surface area (TPSA) is 75.6 Å². The summed E-state index contributed by atoms with van der Waals surface area (Å²) in [6.45, 7) is 3.44. The van der Waals surface area contributed by atoms with Crippen LogP contribution in [0.5, 0.6) is 0 Å². The Kier molecular flexibility index (Phi) is 3.54. The largest absolute Gasteiger partial charge is 0.356 e. The molecule has 0 radical (unpaired) electrons. The Balaban J connectivity index is 1.80. The number of H-pyrrole nitrogens is 1. The number of rotatable bonds is 5. The van der Waals surface area contributed by atoms with E-state index in [0.717, 1.165) is 19.5 Å². The maximum absolute atomic E-state index is 11.2. The number of aryl methyl sites for hydroxylation is 2. The standard InChI is InChI=1S/C11H15N5O/c1-9-7-10(17)15-11(14-9)13-3-2-5-16-6-4-12-8-16/h4,6-8H,2-3,5H2,1H3,(H2,13,14,15,17). The normalized spacial score (nSPS) is 10.4. The summed E-state index contributed by atoms with van der Waals surface area (Å²) in [4.78, 5) is 22.0. The minimum absolute atomic E-state index is 0.130. The second kappa shape index (κ2) is 5.29. The van der Waals surface area contributed by atoms with Crippen molar-refractivity contribution >= 4 is 5.95 Å². The average molecular weight is 233 g/mol. The number of aromatic amines is 1. The van der Waals surface area contributed by atoms with Crippen molar-refractivity contribution in [1.29, 1.82) is 0 Å². The summed E-state index contributed by atoms with van der Waals surface area (Å²) < 4.78 is 2.01. The highest BCUT2D eigenvalue weighted by Gasteiger charge is 1.97. The molecule has 90 valence electrons. The van der Waals surface area contributed by atoms with Gasteiger partial charge in [-0.1, -0.05) is 0 Å². The molecule has 6 nitrogen and oxygen atoms in total. The first kappa shape index (κ1) is 11.4. The van der Waals surface area contributed by atoms with Crippen molar-refractivity contribution in [3.8, 4) is 0 Å². The molecule has 2 aromatic heterocycles. The SMILES string of the molecule is Cc1cc(=O)[nH]c(NCCCn2ccnc2)n1. The van der Waals surface area contributed by atoms with Crippen LogP contribution in [0.3, 0.4) is 0 Å². The van der Waals surface area contributed by atoms with Crippen LogP contribution in [0.1, 0.15) is 12.1 Å². The second-order valence-electron chi connectivity index (χ2n) is 3.82. The summed E-state index contributed by atoms with van der Waals surface area (Å²) in [6, 6.07) is 1.47. The Morgan fingerprint density at radius 1 is 1.53 bits per heavy atom. The van der Waals surface area contributed by atoms with E-state index in [1.165, 1.54) is 6.07 Å². The molecule has 2 aromatic rings. The fraction of sp³-hybridized carbons (Fsp3) is 0.364. The van der Waals surface area contributed by atoms with Crippen LogP contribution in [-0.2, 0) is 6.54 Å². The molecule has 0 aromatic carbocycles. The van der Waals surface area contributed by atoms with Crippen LogP contribution in [0.4, 0.5) is 5.95 Å². The first-order valence-corrected chi connectivity index (χ1v) is 5.51. The van der Waals surface area contributed by atoms with Gasteiger partial charge in [0.1, 0.15) is 0 Å². The molecule has 0 fully saturated rings. The lowest BCUT2D eigenvalue weighted by molar-refractivity contribution is 0.659. The van der Waals surface area contributed by atoms with E-state index >= 15 is 0 Å². The quantitative estimate of drug-likeness (QED) is 0.748. The summed E-state index contributed by atoms with van der Waals surface area (Å²) >= 11 is 0. The van der Waals surface area contributed by atoms with Gasteiger partial charge in [-0.05, 0) is 13.3 Å². The summed E-state index contributed by atoms with van der Waals surface area (Å²) in [5.74, 6) is 0.528. The predicted molar refractivity (Wildman–Crippen MR) is 64.9 cm³/mol. The predicted octanol–water partition coefficient (Wildman–Crippen LogP) is 0.777. The average Bonchev–Trinajstić information content (AvgIpc) is 2.76. The van der Waals surface area contributed by atoms with Gasteiger partial charge in [0.25, 0.3) is 5.56 Å². The summed E-state index contributed by atoms with van der Waals surface area (Å²) in [7, 11) is 0. The Morgan fingerprint density at radius 3 is 3.12 bits per heavy atom. The molecule has 2 N–H and O–H groups in total. The van der Waals surface area contributed by atoms with Gasteiger partial charge in [-0.2, -0.15) is 0 Å². The third kappa shape index (κ3) is 3.44. The van der Waals surface area contributed by atoms with Crippen molar-refractivity contribution in [1.82, 2.24) is 19.5 Å². The number of nitrogens with zero attached hydrogens (tertiary/aromatic N) is 3. The van der Waals surface area contributed by atoms with Crippen LogP contribution in [0, 0.1) is 6.92 Å². The molecule has 0 bridgehead atoms. The maximum Gasteiger partial charge on any atom is 0.252 e. The Labute approximate surface area is 98.7 Å². The van der Waals surface area contributed by atoms with Crippen LogP contribution in [0.25, 0.3) is 0 Å². The monoisotopic (exact) mass is 233 g/mol. The second-order valence-corrected chi connectivity index (χ2v) is 3.82. The molecule has 0 saturated carbocycles. The van der Waals surface area contributed by atoms with Gasteiger partial charge < -0.3 is 9.88 Å². The first-order valence-electron chi connectivity index (χ1n) is 5.51. The summed E-state index contributed by atoms with van der Waals surface area (Å²) in [5.41, 5.74) is 0.584. The van der Waals surface area contributed by atoms with Gasteiger partial charge in [0.15, 0.2) is 0 Å². The third-order valence-electron chi connectivity index (χ3n) is 2.31. The van der Waals surface area contributed by atoms with E-state index in [9.17, 15) is 4.79 Å². The van der Waals surface area contributed by atoms with Gasteiger partial charge in [0, 0.05) is 37.2 Å². The van der Waals surface area contributed by atoms with Crippen LogP contribution in [0.2, 0.25) is 0 Å². The Bertz CT molecular complexity index is 517. The van der Waals surface area contributed by atoms with E-state index in [4.69, 9.17) is 0 Å². The molecule has 0 aliphatic carbocycles. The van der Waals surface area contributed by atoms with E-state index in [-0.39, 0.29) is 5.56 Å². The zero-order chi connectivity index (χ0) is 12.1. The van der Waals surface area contributed by atoms with Crippen molar-refractivity contribution in [3.63, 3.8) is 0 Å². The molecule has 2 heterocycles. The number of anilines is 1. The number of imidazole rings is 1. The molecule has 2 rings (SSSR count). The van der Waals surface area contributed by atoms with E-state index in [1.54, 1.807) is 19.4 Å². The van der Waals surface area contributed by atoms with Crippen molar-refractivity contribution in [2.24, 2.45) is 0 Å². The number of nitrogens with one attached hydrogen (secondary N) is 2. The third-order valence-corrected chi connectivity index (χ3v) is 2.31. The van der Waals surface area contributed by atoms with Crippen molar-refractivity contribution < 1.29 is 0 Å². The molecule has 0 spiro atoms. The zero-order valence-corrected chi connectivity index (χ0v) is 9.68. The van der Waals surface area contributed by atoms with Gasteiger partial charge in [-0.25, -0.2) is 9.97 Å². The minimum Gasteiger partial charge on any atom is -0.356 e. The van der Waals surface area contributed by atoms with Gasteiger partial charge in [0.2, 0.25) is 5.95 Å². The van der Waals surface area contributed by atoms with E-state index in [1.807, 2.05) is 10.8 Å². The first-order chi connectivity index (χ1) is 8.24. The summed E-state index contributed by atoms with van der Waals surface area (Å²) in [6.07, 6.45) is 6.40. The van der Waals surface area contributed by atoms with Crippen LogP contribution < -0.4 is 10.9 Å². The Hall–Kier alpha value is -2.11. The molecule has 6 heteroatoms. The van der Waals surface area contributed by atoms with Crippen molar-refractivity contribution in [2.45, 2.75) is 19.9 Å². The lowest BCUT2D eigenvalue weighted by Gasteiger charge is -2.06. The zero-order valence-electron chi connectivity index (χ0n) is 9.68. The van der Waals surface area contributed by atoms with Crippen molar-refractivity contribution in [3.05, 3.63) is 40.8 Å². The van der Waals surface area contributed by atoms with Crippen LogP contribution in [-0.4, -0.2) is 26.1 Å². The molecule has 0 unspecified atom stereocenters. The highest BCUT2D eigenvalue weighted by Crippen LogP contribution is 1.97. The number of aromatic nitrogens is 4. The summed E-state index contributed by atoms with van der Waals surface area (Å²) in [5, 5.41) is 3.09. The molecule has 0 amide bonds. The van der Waals surface area contributed by atoms with Gasteiger partial charge in [0.05, 0.1) is 6.33 Å². The molecule has 0 aliphatic heterocycles. The maximum atomic E-state index is 11.2. The smallest absolute Gasteiger partial charge is 0.252 e. The van der Waals surface area contributed by atoms with Crippen LogP contribution >= 0.6 is 0 Å². The highest BCUT2D eigenvalue weighted by atomic mass is 16.1. The lowest BCUT2D eigenvalue weighted by Crippen LogP contribution is -2.14. The lowest BCUT2D eigenvalue weighted by atomic mass is 10.4. The minimum atomic E-state index is -0.130. The molecule has 17 heavy (non-hydrogen) atoms. The Morgan fingerprint density at radius 2 is 2.41 bits per heavy atom. The van der Waals surface area contributed by atoms with Crippen LogP contribution in [0.15, 0.2) is 29.6 Å². The fourth-order valence-electron chi connectivity index (χ4n) is 1.55. The van der Waals surface area contributed by atoms with E-state index < -0.39 is 0 Å². The molecular weight excluding hydrogens is 218 g/mol. The fourth-order valence-corrected chi connectivity index (χ4v) is 1.55. The van der Waals surface area contributed by atoms with E-state index in [2.05, 4.69) is 20.3 Å². The molecule has 0 saturated heterocycles. The van der Waals surface area contributed by atoms with Crippen molar-refractivity contribution in [2.75, 3.05) is 11.9 Å².